The zero-order valence-electron chi connectivity index (χ0n) is 12.6. The van der Waals surface area contributed by atoms with Gasteiger partial charge in [0.1, 0.15) is 5.82 Å². The predicted octanol–water partition coefficient (Wildman–Crippen LogP) is 1.41. The van der Waals surface area contributed by atoms with Crippen molar-refractivity contribution in [1.82, 2.24) is 24.7 Å². The van der Waals surface area contributed by atoms with E-state index in [0.29, 0.717) is 12.5 Å². The lowest BCUT2D eigenvalue weighted by molar-refractivity contribution is 0.692. The van der Waals surface area contributed by atoms with Crippen molar-refractivity contribution >= 4 is 11.6 Å². The van der Waals surface area contributed by atoms with Crippen LogP contribution in [-0.4, -0.2) is 38.8 Å². The van der Waals surface area contributed by atoms with Crippen LogP contribution in [0.15, 0.2) is 12.4 Å². The standard InChI is InChI=1S/C13H21N7/c1-9(2)12-18-17-10(20(12)5)8-16-11-13(19(3)4)15-7-6-14-11/h6-7,9H,8H2,1-5H3,(H,14,16). The number of anilines is 2. The molecule has 0 aliphatic heterocycles. The molecular weight excluding hydrogens is 254 g/mol. The first-order chi connectivity index (χ1) is 9.50. The smallest absolute Gasteiger partial charge is 0.171 e. The molecule has 20 heavy (non-hydrogen) atoms. The molecule has 1 N–H and O–H groups in total. The van der Waals surface area contributed by atoms with E-state index in [9.17, 15) is 0 Å². The van der Waals surface area contributed by atoms with Gasteiger partial charge in [0, 0.05) is 39.5 Å². The quantitative estimate of drug-likeness (QED) is 0.889. The lowest BCUT2D eigenvalue weighted by Gasteiger charge is -2.15. The van der Waals surface area contributed by atoms with E-state index in [1.54, 1.807) is 12.4 Å². The predicted molar refractivity (Wildman–Crippen MR) is 78.8 cm³/mol. The normalized spacial score (nSPS) is 10.9. The van der Waals surface area contributed by atoms with E-state index in [1.165, 1.54) is 0 Å². The molecule has 0 spiro atoms. The summed E-state index contributed by atoms with van der Waals surface area (Å²) in [5.41, 5.74) is 0. The molecule has 0 radical (unpaired) electrons. The number of hydrogen-bond acceptors (Lipinski definition) is 6. The van der Waals surface area contributed by atoms with Gasteiger partial charge in [-0.3, -0.25) is 0 Å². The maximum Gasteiger partial charge on any atom is 0.171 e. The first-order valence-electron chi connectivity index (χ1n) is 6.61. The summed E-state index contributed by atoms with van der Waals surface area (Å²) in [6.45, 7) is 4.78. The van der Waals surface area contributed by atoms with Gasteiger partial charge < -0.3 is 14.8 Å². The Labute approximate surface area is 119 Å². The molecule has 0 aliphatic rings. The number of nitrogens with zero attached hydrogens (tertiary/aromatic N) is 6. The van der Waals surface area contributed by atoms with Crippen LogP contribution in [-0.2, 0) is 13.6 Å². The Morgan fingerprint density at radius 2 is 1.90 bits per heavy atom. The number of rotatable bonds is 5. The minimum atomic E-state index is 0.357. The van der Waals surface area contributed by atoms with Gasteiger partial charge in [0.2, 0.25) is 0 Å². The summed E-state index contributed by atoms with van der Waals surface area (Å²) in [7, 11) is 5.86. The fraction of sp³-hybridized carbons (Fsp3) is 0.538. The molecule has 2 rings (SSSR count). The van der Waals surface area contributed by atoms with Crippen molar-refractivity contribution in [3.05, 3.63) is 24.0 Å². The molecule has 2 aromatic rings. The second-order valence-electron chi connectivity index (χ2n) is 5.16. The van der Waals surface area contributed by atoms with Crippen molar-refractivity contribution in [3.8, 4) is 0 Å². The third kappa shape index (κ3) is 2.87. The van der Waals surface area contributed by atoms with E-state index in [0.717, 1.165) is 23.3 Å². The van der Waals surface area contributed by atoms with Gasteiger partial charge in [-0.15, -0.1) is 10.2 Å². The molecule has 0 atom stereocenters. The Balaban J connectivity index is 2.13. The SMILES string of the molecule is CC(C)c1nnc(CNc2nccnc2N(C)C)n1C. The van der Waals surface area contributed by atoms with Crippen LogP contribution in [0.5, 0.6) is 0 Å². The average molecular weight is 275 g/mol. The molecule has 0 saturated carbocycles. The summed E-state index contributed by atoms with van der Waals surface area (Å²) in [5, 5.41) is 11.7. The molecule has 2 heterocycles. The van der Waals surface area contributed by atoms with Crippen molar-refractivity contribution in [2.45, 2.75) is 26.3 Å². The van der Waals surface area contributed by atoms with Crippen LogP contribution in [0.1, 0.15) is 31.4 Å². The van der Waals surface area contributed by atoms with Gasteiger partial charge in [0.25, 0.3) is 0 Å². The van der Waals surface area contributed by atoms with E-state index in [-0.39, 0.29) is 0 Å². The van der Waals surface area contributed by atoms with Crippen LogP contribution in [0.2, 0.25) is 0 Å². The lowest BCUT2D eigenvalue weighted by Crippen LogP contribution is -2.16. The van der Waals surface area contributed by atoms with Gasteiger partial charge in [-0.05, 0) is 0 Å². The molecule has 0 amide bonds. The van der Waals surface area contributed by atoms with Crippen LogP contribution in [0.4, 0.5) is 11.6 Å². The molecule has 2 aromatic heterocycles. The minimum Gasteiger partial charge on any atom is -0.360 e. The second kappa shape index (κ2) is 5.85. The minimum absolute atomic E-state index is 0.357. The van der Waals surface area contributed by atoms with Crippen molar-refractivity contribution in [1.29, 1.82) is 0 Å². The molecule has 0 aliphatic carbocycles. The highest BCUT2D eigenvalue weighted by Gasteiger charge is 2.13. The molecule has 7 heteroatoms. The average Bonchev–Trinajstić information content (AvgIpc) is 2.78. The van der Waals surface area contributed by atoms with E-state index in [4.69, 9.17) is 0 Å². The maximum atomic E-state index is 4.31. The fourth-order valence-corrected chi connectivity index (χ4v) is 1.98. The molecule has 0 unspecified atom stereocenters. The molecule has 0 saturated heterocycles. The van der Waals surface area contributed by atoms with Crippen LogP contribution in [0.25, 0.3) is 0 Å². The number of nitrogens with one attached hydrogen (secondary N) is 1. The Kier molecular flexibility index (Phi) is 4.16. The third-order valence-corrected chi connectivity index (χ3v) is 3.03. The second-order valence-corrected chi connectivity index (χ2v) is 5.16. The Morgan fingerprint density at radius 3 is 2.50 bits per heavy atom. The van der Waals surface area contributed by atoms with Gasteiger partial charge in [-0.1, -0.05) is 13.8 Å². The Bertz CT molecular complexity index is 574. The van der Waals surface area contributed by atoms with Crippen LogP contribution in [0.3, 0.4) is 0 Å². The van der Waals surface area contributed by atoms with E-state index >= 15 is 0 Å². The van der Waals surface area contributed by atoms with Crippen molar-refractivity contribution < 1.29 is 0 Å². The first-order valence-corrected chi connectivity index (χ1v) is 6.61. The Morgan fingerprint density at radius 1 is 1.20 bits per heavy atom. The third-order valence-electron chi connectivity index (χ3n) is 3.03. The van der Waals surface area contributed by atoms with Gasteiger partial charge in [-0.25, -0.2) is 9.97 Å². The highest BCUT2D eigenvalue weighted by atomic mass is 15.3. The van der Waals surface area contributed by atoms with Crippen molar-refractivity contribution in [2.75, 3.05) is 24.3 Å². The topological polar surface area (TPSA) is 71.8 Å². The molecule has 108 valence electrons. The maximum absolute atomic E-state index is 4.31. The monoisotopic (exact) mass is 275 g/mol. The zero-order valence-corrected chi connectivity index (χ0v) is 12.6. The van der Waals surface area contributed by atoms with E-state index in [2.05, 4.69) is 39.3 Å². The Hall–Kier alpha value is -2.18. The number of aromatic nitrogens is 5. The molecule has 7 nitrogen and oxygen atoms in total. The van der Waals surface area contributed by atoms with E-state index < -0.39 is 0 Å². The fourth-order valence-electron chi connectivity index (χ4n) is 1.98. The lowest BCUT2D eigenvalue weighted by atomic mass is 10.2. The van der Waals surface area contributed by atoms with Crippen molar-refractivity contribution in [2.24, 2.45) is 7.05 Å². The summed E-state index contributed by atoms with van der Waals surface area (Å²) >= 11 is 0. The van der Waals surface area contributed by atoms with Crippen molar-refractivity contribution in [3.63, 3.8) is 0 Å². The van der Waals surface area contributed by atoms with Gasteiger partial charge in [0.05, 0.1) is 6.54 Å². The summed E-state index contributed by atoms with van der Waals surface area (Å²) < 4.78 is 2.02. The number of hydrogen-bond donors (Lipinski definition) is 1. The summed E-state index contributed by atoms with van der Waals surface area (Å²) in [4.78, 5) is 10.5. The van der Waals surface area contributed by atoms with Gasteiger partial charge in [0.15, 0.2) is 17.5 Å². The first kappa shape index (κ1) is 14.2. The molecule has 0 fully saturated rings. The molecular formula is C13H21N7. The molecule has 0 bridgehead atoms. The highest BCUT2D eigenvalue weighted by molar-refractivity contribution is 5.59. The molecule has 0 aromatic carbocycles. The largest absolute Gasteiger partial charge is 0.360 e. The van der Waals surface area contributed by atoms with Gasteiger partial charge in [-0.2, -0.15) is 0 Å². The van der Waals surface area contributed by atoms with Gasteiger partial charge >= 0.3 is 0 Å². The van der Waals surface area contributed by atoms with E-state index in [1.807, 2.05) is 30.6 Å². The van der Waals surface area contributed by atoms with Crippen LogP contribution < -0.4 is 10.2 Å². The summed E-state index contributed by atoms with van der Waals surface area (Å²) in [5.74, 6) is 3.76. The highest BCUT2D eigenvalue weighted by Crippen LogP contribution is 2.18. The summed E-state index contributed by atoms with van der Waals surface area (Å²) in [6, 6.07) is 0. The van der Waals surface area contributed by atoms with Crippen LogP contribution in [0, 0.1) is 0 Å². The van der Waals surface area contributed by atoms with Crippen LogP contribution >= 0.6 is 0 Å². The summed E-state index contributed by atoms with van der Waals surface area (Å²) in [6.07, 6.45) is 3.35. The zero-order chi connectivity index (χ0) is 14.7.